The van der Waals surface area contributed by atoms with Crippen LogP contribution in [0.3, 0.4) is 0 Å². The van der Waals surface area contributed by atoms with E-state index in [4.69, 9.17) is 4.74 Å². The molecule has 3 fully saturated rings. The van der Waals surface area contributed by atoms with Crippen molar-refractivity contribution in [3.8, 4) is 0 Å². The molecule has 2 bridgehead atoms. The van der Waals surface area contributed by atoms with Crippen LogP contribution in [0, 0.1) is 11.8 Å². The molecule has 3 aliphatic heterocycles. The van der Waals surface area contributed by atoms with E-state index in [1.165, 1.54) is 4.90 Å². The molecule has 4 nitrogen and oxygen atoms in total. The van der Waals surface area contributed by atoms with Crippen molar-refractivity contribution in [1.29, 1.82) is 0 Å². The third-order valence-corrected chi connectivity index (χ3v) is 4.11. The number of likely N-dealkylation sites (tertiary alicyclic amines) is 1. The highest BCUT2D eigenvalue weighted by atomic mass is 16.5. The molecule has 4 atom stereocenters. The Hall–Kier alpha value is -0.900. The zero-order valence-corrected chi connectivity index (χ0v) is 9.52. The highest BCUT2D eigenvalue weighted by Gasteiger charge is 2.61. The molecule has 0 aromatic rings. The van der Waals surface area contributed by atoms with Crippen molar-refractivity contribution in [3.05, 3.63) is 0 Å². The van der Waals surface area contributed by atoms with Crippen LogP contribution in [0.1, 0.15) is 32.6 Å². The van der Waals surface area contributed by atoms with Crippen LogP contribution in [-0.4, -0.2) is 35.5 Å². The van der Waals surface area contributed by atoms with Crippen LogP contribution in [-0.2, 0) is 14.3 Å². The molecular weight excluding hydrogens is 206 g/mol. The standard InChI is InChI=1S/C12H17NO3/c1-2-3-6-13-11(14)9-7-4-5-8(16-7)10(9)12(13)15/h7-10H,2-6H2,1H3/t7-,8-,9-,10+/m0/s1. The van der Waals surface area contributed by atoms with Gasteiger partial charge in [-0.1, -0.05) is 13.3 Å². The van der Waals surface area contributed by atoms with Gasteiger partial charge in [-0.15, -0.1) is 0 Å². The molecule has 2 amide bonds. The van der Waals surface area contributed by atoms with E-state index in [-0.39, 0.29) is 35.9 Å². The van der Waals surface area contributed by atoms with Gasteiger partial charge in [0.15, 0.2) is 0 Å². The Morgan fingerprint density at radius 1 is 1.19 bits per heavy atom. The summed E-state index contributed by atoms with van der Waals surface area (Å²) in [5.74, 6) is -0.252. The summed E-state index contributed by atoms with van der Waals surface area (Å²) >= 11 is 0. The second-order valence-corrected chi connectivity index (χ2v) is 5.02. The predicted molar refractivity (Wildman–Crippen MR) is 56.5 cm³/mol. The summed E-state index contributed by atoms with van der Waals surface area (Å²) < 4.78 is 5.66. The molecule has 16 heavy (non-hydrogen) atoms. The molecule has 0 aliphatic carbocycles. The normalized spacial score (nSPS) is 40.9. The zero-order chi connectivity index (χ0) is 11.3. The fraction of sp³-hybridized carbons (Fsp3) is 0.833. The van der Waals surface area contributed by atoms with E-state index in [0.29, 0.717) is 6.54 Å². The zero-order valence-electron chi connectivity index (χ0n) is 9.52. The molecule has 0 spiro atoms. The average Bonchev–Trinajstić information content (AvgIpc) is 2.92. The van der Waals surface area contributed by atoms with Crippen molar-refractivity contribution < 1.29 is 14.3 Å². The van der Waals surface area contributed by atoms with Crippen molar-refractivity contribution >= 4 is 11.8 Å². The van der Waals surface area contributed by atoms with Crippen molar-refractivity contribution in [2.45, 2.75) is 44.8 Å². The lowest BCUT2D eigenvalue weighted by Crippen LogP contribution is -2.34. The van der Waals surface area contributed by atoms with Gasteiger partial charge in [0.25, 0.3) is 0 Å². The van der Waals surface area contributed by atoms with E-state index in [1.54, 1.807) is 0 Å². The lowest BCUT2D eigenvalue weighted by atomic mass is 9.81. The number of carbonyl (C=O) groups excluding carboxylic acids is 2. The summed E-state index contributed by atoms with van der Waals surface area (Å²) in [4.78, 5) is 25.7. The maximum Gasteiger partial charge on any atom is 0.235 e. The van der Waals surface area contributed by atoms with Gasteiger partial charge in [0.2, 0.25) is 11.8 Å². The molecule has 3 aliphatic rings. The van der Waals surface area contributed by atoms with Crippen molar-refractivity contribution in [1.82, 2.24) is 4.90 Å². The van der Waals surface area contributed by atoms with Crippen LogP contribution in [0.2, 0.25) is 0 Å². The monoisotopic (exact) mass is 223 g/mol. The van der Waals surface area contributed by atoms with E-state index in [1.807, 2.05) is 0 Å². The second-order valence-electron chi connectivity index (χ2n) is 5.02. The Labute approximate surface area is 94.9 Å². The van der Waals surface area contributed by atoms with Gasteiger partial charge in [-0.2, -0.15) is 0 Å². The number of nitrogens with zero attached hydrogens (tertiary/aromatic N) is 1. The predicted octanol–water partition coefficient (Wildman–Crippen LogP) is 0.949. The Morgan fingerprint density at radius 2 is 1.75 bits per heavy atom. The first kappa shape index (κ1) is 10.3. The highest BCUT2D eigenvalue weighted by molar-refractivity contribution is 6.06. The second kappa shape index (κ2) is 3.55. The molecule has 3 rings (SSSR count). The van der Waals surface area contributed by atoms with Gasteiger partial charge in [0.05, 0.1) is 24.0 Å². The van der Waals surface area contributed by atoms with Crippen LogP contribution in [0.5, 0.6) is 0 Å². The van der Waals surface area contributed by atoms with Crippen LogP contribution in [0.4, 0.5) is 0 Å². The number of rotatable bonds is 3. The Kier molecular flexibility index (Phi) is 2.28. The van der Waals surface area contributed by atoms with Gasteiger partial charge in [-0.05, 0) is 19.3 Å². The molecule has 3 saturated heterocycles. The molecule has 0 saturated carbocycles. The van der Waals surface area contributed by atoms with E-state index < -0.39 is 0 Å². The minimum absolute atomic E-state index is 0.0238. The molecule has 3 heterocycles. The van der Waals surface area contributed by atoms with Gasteiger partial charge in [0, 0.05) is 6.54 Å². The number of carbonyl (C=O) groups is 2. The molecule has 0 N–H and O–H groups in total. The molecule has 0 unspecified atom stereocenters. The third kappa shape index (κ3) is 1.19. The molecule has 0 aromatic heterocycles. The lowest BCUT2D eigenvalue weighted by molar-refractivity contribution is -0.142. The largest absolute Gasteiger partial charge is 0.373 e. The van der Waals surface area contributed by atoms with Crippen LogP contribution in [0.25, 0.3) is 0 Å². The van der Waals surface area contributed by atoms with Gasteiger partial charge in [-0.25, -0.2) is 0 Å². The topological polar surface area (TPSA) is 46.6 Å². The van der Waals surface area contributed by atoms with Gasteiger partial charge in [0.1, 0.15) is 0 Å². The van der Waals surface area contributed by atoms with Crippen molar-refractivity contribution in [2.24, 2.45) is 11.8 Å². The SMILES string of the molecule is CCCCN1C(=O)[C@@H]2[C@H](C1=O)[C@@H]1CC[C@@H]2O1. The summed E-state index contributed by atoms with van der Waals surface area (Å²) in [6.07, 6.45) is 3.87. The summed E-state index contributed by atoms with van der Waals surface area (Å²) in [5.41, 5.74) is 0. The maximum atomic E-state index is 12.1. The summed E-state index contributed by atoms with van der Waals surface area (Å²) in [6, 6.07) is 0. The Balaban J connectivity index is 1.81. The van der Waals surface area contributed by atoms with Crippen LogP contribution >= 0.6 is 0 Å². The lowest BCUT2D eigenvalue weighted by Gasteiger charge is -2.16. The first-order valence-electron chi connectivity index (χ1n) is 6.24. The maximum absolute atomic E-state index is 12.1. The summed E-state index contributed by atoms with van der Waals surface area (Å²) in [7, 11) is 0. The number of imide groups is 1. The van der Waals surface area contributed by atoms with E-state index in [0.717, 1.165) is 25.7 Å². The fourth-order valence-electron chi connectivity index (χ4n) is 3.31. The first-order valence-corrected chi connectivity index (χ1v) is 6.24. The average molecular weight is 223 g/mol. The first-order chi connectivity index (χ1) is 7.74. The van der Waals surface area contributed by atoms with E-state index in [9.17, 15) is 9.59 Å². The molecule has 0 radical (unpaired) electrons. The van der Waals surface area contributed by atoms with Crippen molar-refractivity contribution in [3.63, 3.8) is 0 Å². The van der Waals surface area contributed by atoms with Gasteiger partial charge >= 0.3 is 0 Å². The number of hydrogen-bond donors (Lipinski definition) is 0. The summed E-state index contributed by atoms with van der Waals surface area (Å²) in [5, 5.41) is 0. The highest BCUT2D eigenvalue weighted by Crippen LogP contribution is 2.48. The number of fused-ring (bicyclic) bond motifs is 5. The molecule has 4 heteroatoms. The van der Waals surface area contributed by atoms with Crippen molar-refractivity contribution in [2.75, 3.05) is 6.54 Å². The number of hydrogen-bond acceptors (Lipinski definition) is 3. The van der Waals surface area contributed by atoms with Crippen LogP contribution < -0.4 is 0 Å². The quantitative estimate of drug-likeness (QED) is 0.669. The van der Waals surface area contributed by atoms with Crippen LogP contribution in [0.15, 0.2) is 0 Å². The Morgan fingerprint density at radius 3 is 2.25 bits per heavy atom. The van der Waals surface area contributed by atoms with E-state index >= 15 is 0 Å². The molecule has 0 aromatic carbocycles. The third-order valence-electron chi connectivity index (χ3n) is 4.11. The number of amides is 2. The fourth-order valence-corrected chi connectivity index (χ4v) is 3.31. The van der Waals surface area contributed by atoms with Gasteiger partial charge < -0.3 is 4.74 Å². The molecular formula is C12H17NO3. The molecule has 88 valence electrons. The minimum Gasteiger partial charge on any atom is -0.373 e. The summed E-state index contributed by atoms with van der Waals surface area (Å²) in [6.45, 7) is 2.67. The Bertz CT molecular complexity index is 313. The smallest absolute Gasteiger partial charge is 0.235 e. The number of unbranched alkanes of at least 4 members (excludes halogenated alkanes) is 1. The van der Waals surface area contributed by atoms with Gasteiger partial charge in [-0.3, -0.25) is 14.5 Å². The minimum atomic E-state index is -0.150. The van der Waals surface area contributed by atoms with E-state index in [2.05, 4.69) is 6.92 Å². The number of ether oxygens (including phenoxy) is 1.